The number of rotatable bonds is 8. The molecule has 0 fully saturated rings. The molecule has 0 unspecified atom stereocenters. The average molecular weight is 260 g/mol. The van der Waals surface area contributed by atoms with Crippen LogP contribution in [0.15, 0.2) is 0 Å². The van der Waals surface area contributed by atoms with Gasteiger partial charge in [-0.05, 0) is 11.8 Å². The molecule has 0 saturated carbocycles. The summed E-state index contributed by atoms with van der Waals surface area (Å²) in [6.45, 7) is 7.18. The van der Waals surface area contributed by atoms with Crippen LogP contribution >= 0.6 is 0 Å². The summed E-state index contributed by atoms with van der Waals surface area (Å²) in [5.74, 6) is -0.318. The molecule has 5 nitrogen and oxygen atoms in total. The predicted octanol–water partition coefficient (Wildman–Crippen LogP) is 1.53. The molecule has 0 spiro atoms. The molecule has 0 aliphatic carbocycles. The van der Waals surface area contributed by atoms with Gasteiger partial charge in [-0.2, -0.15) is 0 Å². The average Bonchev–Trinajstić information content (AvgIpc) is 2.21. The van der Waals surface area contributed by atoms with E-state index in [1.54, 1.807) is 0 Å². The number of carbonyl (C=O) groups excluding carboxylic acids is 2. The van der Waals surface area contributed by atoms with Crippen LogP contribution in [0, 0.1) is 11.8 Å². The number of carbonyl (C=O) groups is 2. The lowest BCUT2D eigenvalue weighted by atomic mass is 10.1. The van der Waals surface area contributed by atoms with Crippen LogP contribution in [0.5, 0.6) is 0 Å². The molecule has 0 aromatic rings. The van der Waals surface area contributed by atoms with Gasteiger partial charge in [0, 0.05) is 12.8 Å². The fraction of sp³-hybridized carbons (Fsp3) is 0.846. The van der Waals surface area contributed by atoms with Crippen LogP contribution in [-0.4, -0.2) is 36.4 Å². The Hall–Kier alpha value is -1.10. The molecule has 106 valence electrons. The largest absolute Gasteiger partial charge is 0.462 e. The van der Waals surface area contributed by atoms with Gasteiger partial charge in [-0.25, -0.2) is 0 Å². The van der Waals surface area contributed by atoms with E-state index in [1.165, 1.54) is 0 Å². The van der Waals surface area contributed by atoms with Gasteiger partial charge >= 0.3 is 11.9 Å². The van der Waals surface area contributed by atoms with E-state index in [9.17, 15) is 9.59 Å². The Labute approximate surface area is 108 Å². The van der Waals surface area contributed by atoms with Gasteiger partial charge in [-0.15, -0.1) is 0 Å². The third-order valence-corrected chi connectivity index (χ3v) is 2.08. The Balaban J connectivity index is 3.97. The molecule has 0 aromatic heterocycles. The summed E-state index contributed by atoms with van der Waals surface area (Å²) in [7, 11) is 0. The molecule has 0 aliphatic heterocycles. The predicted molar refractivity (Wildman–Crippen MR) is 66.8 cm³/mol. The van der Waals surface area contributed by atoms with Crippen molar-refractivity contribution in [1.82, 2.24) is 0 Å². The molecule has 0 saturated heterocycles. The van der Waals surface area contributed by atoms with E-state index in [2.05, 4.69) is 0 Å². The minimum Gasteiger partial charge on any atom is -0.462 e. The second kappa shape index (κ2) is 8.91. The lowest BCUT2D eigenvalue weighted by Crippen LogP contribution is -2.29. The number of ether oxygens (including phenoxy) is 2. The molecule has 0 amide bonds. The first kappa shape index (κ1) is 16.9. The van der Waals surface area contributed by atoms with Crippen molar-refractivity contribution >= 4 is 11.9 Å². The summed E-state index contributed by atoms with van der Waals surface area (Å²) in [6, 6.07) is 0. The third-order valence-electron chi connectivity index (χ3n) is 2.08. The summed E-state index contributed by atoms with van der Waals surface area (Å²) in [4.78, 5) is 22.7. The first-order chi connectivity index (χ1) is 8.35. The van der Waals surface area contributed by atoms with Crippen LogP contribution in [0.4, 0.5) is 0 Å². The molecule has 0 heterocycles. The van der Waals surface area contributed by atoms with Crippen LogP contribution in [0.3, 0.4) is 0 Å². The standard InChI is InChI=1S/C13H24O5/c1-9(2)5-12(15)17-8-11(7-14)18-13(16)6-10(3)4/h9-11,14H,5-8H2,1-4H3/t11-/m0/s1. The van der Waals surface area contributed by atoms with Gasteiger partial charge < -0.3 is 14.6 Å². The van der Waals surface area contributed by atoms with E-state index in [0.29, 0.717) is 6.42 Å². The van der Waals surface area contributed by atoms with Crippen molar-refractivity contribution in [3.05, 3.63) is 0 Å². The number of esters is 2. The van der Waals surface area contributed by atoms with Gasteiger partial charge in [-0.3, -0.25) is 9.59 Å². The van der Waals surface area contributed by atoms with Gasteiger partial charge in [0.05, 0.1) is 6.61 Å². The van der Waals surface area contributed by atoms with Crippen LogP contribution in [0.1, 0.15) is 40.5 Å². The molecule has 18 heavy (non-hydrogen) atoms. The molecule has 5 heteroatoms. The Kier molecular flexibility index (Phi) is 8.37. The molecule has 1 atom stereocenters. The maximum atomic E-state index is 11.4. The van der Waals surface area contributed by atoms with Gasteiger partial charge in [0.1, 0.15) is 6.61 Å². The summed E-state index contributed by atoms with van der Waals surface area (Å²) < 4.78 is 9.94. The van der Waals surface area contributed by atoms with Crippen molar-refractivity contribution in [2.24, 2.45) is 11.8 Å². The second-order valence-corrected chi connectivity index (χ2v) is 5.17. The molecular weight excluding hydrogens is 236 g/mol. The van der Waals surface area contributed by atoms with Crippen molar-refractivity contribution in [2.75, 3.05) is 13.2 Å². The Morgan fingerprint density at radius 2 is 1.50 bits per heavy atom. The topological polar surface area (TPSA) is 72.8 Å². The summed E-state index contributed by atoms with van der Waals surface area (Å²) in [5.41, 5.74) is 0. The van der Waals surface area contributed by atoms with E-state index in [1.807, 2.05) is 27.7 Å². The second-order valence-electron chi connectivity index (χ2n) is 5.17. The smallest absolute Gasteiger partial charge is 0.306 e. The van der Waals surface area contributed by atoms with Gasteiger partial charge in [-0.1, -0.05) is 27.7 Å². The normalized spacial score (nSPS) is 12.6. The molecule has 0 aliphatic rings. The maximum absolute atomic E-state index is 11.4. The Morgan fingerprint density at radius 1 is 1.00 bits per heavy atom. The Bertz CT molecular complexity index is 260. The SMILES string of the molecule is CC(C)CC(=O)OC[C@H](CO)OC(=O)CC(C)C. The highest BCUT2D eigenvalue weighted by Gasteiger charge is 2.17. The lowest BCUT2D eigenvalue weighted by Gasteiger charge is -2.16. The minimum absolute atomic E-state index is 0.0914. The van der Waals surface area contributed by atoms with Crippen LogP contribution in [-0.2, 0) is 19.1 Å². The maximum Gasteiger partial charge on any atom is 0.306 e. The van der Waals surface area contributed by atoms with Gasteiger partial charge in [0.2, 0.25) is 0 Å². The van der Waals surface area contributed by atoms with Crippen LogP contribution < -0.4 is 0 Å². The molecule has 0 rings (SSSR count). The third kappa shape index (κ3) is 8.98. The molecule has 0 aromatic carbocycles. The van der Waals surface area contributed by atoms with Crippen LogP contribution in [0.2, 0.25) is 0 Å². The highest BCUT2D eigenvalue weighted by atomic mass is 16.6. The van der Waals surface area contributed by atoms with E-state index < -0.39 is 6.10 Å². The van der Waals surface area contributed by atoms with Crippen molar-refractivity contribution in [3.63, 3.8) is 0 Å². The first-order valence-electron chi connectivity index (χ1n) is 6.31. The lowest BCUT2D eigenvalue weighted by molar-refractivity contribution is -0.162. The Morgan fingerprint density at radius 3 is 1.94 bits per heavy atom. The highest BCUT2D eigenvalue weighted by molar-refractivity contribution is 5.70. The zero-order valence-corrected chi connectivity index (χ0v) is 11.6. The zero-order valence-electron chi connectivity index (χ0n) is 11.6. The fourth-order valence-electron chi connectivity index (χ4n) is 1.27. The monoisotopic (exact) mass is 260 g/mol. The highest BCUT2D eigenvalue weighted by Crippen LogP contribution is 2.05. The number of hydrogen-bond donors (Lipinski definition) is 1. The van der Waals surface area contributed by atoms with E-state index >= 15 is 0 Å². The number of aliphatic hydroxyl groups is 1. The first-order valence-corrected chi connectivity index (χ1v) is 6.31. The van der Waals surface area contributed by atoms with E-state index in [0.717, 1.165) is 0 Å². The fourth-order valence-corrected chi connectivity index (χ4v) is 1.27. The van der Waals surface area contributed by atoms with Crippen molar-refractivity contribution in [3.8, 4) is 0 Å². The van der Waals surface area contributed by atoms with Gasteiger partial charge in [0.25, 0.3) is 0 Å². The van der Waals surface area contributed by atoms with E-state index in [-0.39, 0.29) is 43.4 Å². The van der Waals surface area contributed by atoms with E-state index in [4.69, 9.17) is 14.6 Å². The summed E-state index contributed by atoms with van der Waals surface area (Å²) in [5, 5.41) is 9.04. The molecule has 1 N–H and O–H groups in total. The minimum atomic E-state index is -0.771. The molecule has 0 bridgehead atoms. The number of aliphatic hydroxyl groups excluding tert-OH is 1. The number of hydrogen-bond acceptors (Lipinski definition) is 5. The quantitative estimate of drug-likeness (QED) is 0.670. The van der Waals surface area contributed by atoms with Gasteiger partial charge in [0.15, 0.2) is 6.10 Å². The van der Waals surface area contributed by atoms with Crippen molar-refractivity contribution in [2.45, 2.75) is 46.6 Å². The zero-order chi connectivity index (χ0) is 14.1. The summed E-state index contributed by atoms with van der Waals surface area (Å²) >= 11 is 0. The van der Waals surface area contributed by atoms with Crippen molar-refractivity contribution in [1.29, 1.82) is 0 Å². The van der Waals surface area contributed by atoms with Crippen molar-refractivity contribution < 1.29 is 24.2 Å². The van der Waals surface area contributed by atoms with Crippen LogP contribution in [0.25, 0.3) is 0 Å². The molecule has 0 radical (unpaired) electrons. The summed E-state index contributed by atoms with van der Waals surface area (Å²) in [6.07, 6.45) is -0.165. The molecular formula is C13H24O5.